The number of hydrogen-bond acceptors (Lipinski definition) is 4. The Hall–Kier alpha value is -2.50. The lowest BCUT2D eigenvalue weighted by Gasteiger charge is -2.08. The summed E-state index contributed by atoms with van der Waals surface area (Å²) in [6.07, 6.45) is 1.48. The van der Waals surface area contributed by atoms with E-state index >= 15 is 0 Å². The SMILES string of the molecule is CCOC(=O)Nc1ccc(OCc2ccn(C(C)C)n2)cc1. The van der Waals surface area contributed by atoms with Crippen molar-refractivity contribution in [2.24, 2.45) is 0 Å². The van der Waals surface area contributed by atoms with Gasteiger partial charge in [-0.25, -0.2) is 4.79 Å². The number of anilines is 1. The molecule has 0 aliphatic rings. The molecular weight excluding hydrogens is 282 g/mol. The fourth-order valence-electron chi connectivity index (χ4n) is 1.82. The van der Waals surface area contributed by atoms with Crippen LogP contribution in [0.5, 0.6) is 5.75 Å². The molecule has 0 fully saturated rings. The van der Waals surface area contributed by atoms with Gasteiger partial charge < -0.3 is 9.47 Å². The smallest absolute Gasteiger partial charge is 0.411 e. The number of benzene rings is 1. The van der Waals surface area contributed by atoms with Crippen LogP contribution in [0.15, 0.2) is 36.5 Å². The molecule has 2 rings (SSSR count). The van der Waals surface area contributed by atoms with Crippen molar-refractivity contribution >= 4 is 11.8 Å². The van der Waals surface area contributed by atoms with E-state index in [1.807, 2.05) is 16.9 Å². The molecule has 0 unspecified atom stereocenters. The highest BCUT2D eigenvalue weighted by Crippen LogP contribution is 2.17. The van der Waals surface area contributed by atoms with Crippen LogP contribution >= 0.6 is 0 Å². The average molecular weight is 303 g/mol. The lowest BCUT2D eigenvalue weighted by Crippen LogP contribution is -2.13. The van der Waals surface area contributed by atoms with Gasteiger partial charge in [0.25, 0.3) is 0 Å². The number of rotatable bonds is 6. The van der Waals surface area contributed by atoms with Crippen LogP contribution in [0.3, 0.4) is 0 Å². The Bertz CT molecular complexity index is 605. The van der Waals surface area contributed by atoms with Gasteiger partial charge in [-0.15, -0.1) is 0 Å². The van der Waals surface area contributed by atoms with Crippen LogP contribution in [-0.4, -0.2) is 22.5 Å². The summed E-state index contributed by atoms with van der Waals surface area (Å²) in [7, 11) is 0. The number of carbonyl (C=O) groups is 1. The van der Waals surface area contributed by atoms with Crippen molar-refractivity contribution in [2.45, 2.75) is 33.4 Å². The minimum absolute atomic E-state index is 0.335. The van der Waals surface area contributed by atoms with Gasteiger partial charge in [0.1, 0.15) is 12.4 Å². The van der Waals surface area contributed by atoms with Crippen LogP contribution in [0.1, 0.15) is 32.5 Å². The second kappa shape index (κ2) is 7.49. The molecule has 22 heavy (non-hydrogen) atoms. The number of hydrogen-bond donors (Lipinski definition) is 1. The first-order valence-corrected chi connectivity index (χ1v) is 7.29. The van der Waals surface area contributed by atoms with Gasteiger partial charge in [0.15, 0.2) is 0 Å². The molecule has 0 bridgehead atoms. The van der Waals surface area contributed by atoms with E-state index in [2.05, 4.69) is 24.3 Å². The topological polar surface area (TPSA) is 65.4 Å². The molecule has 118 valence electrons. The summed E-state index contributed by atoms with van der Waals surface area (Å²) in [6, 6.07) is 9.39. The third kappa shape index (κ3) is 4.51. The monoisotopic (exact) mass is 303 g/mol. The number of nitrogens with zero attached hydrogens (tertiary/aromatic N) is 2. The van der Waals surface area contributed by atoms with Gasteiger partial charge in [-0.2, -0.15) is 5.10 Å². The Morgan fingerprint density at radius 1 is 1.27 bits per heavy atom. The summed E-state index contributed by atoms with van der Waals surface area (Å²) in [5.74, 6) is 0.716. The fourth-order valence-corrected chi connectivity index (χ4v) is 1.82. The highest BCUT2D eigenvalue weighted by Gasteiger charge is 2.04. The normalized spacial score (nSPS) is 10.5. The summed E-state index contributed by atoms with van der Waals surface area (Å²) in [5, 5.41) is 7.05. The summed E-state index contributed by atoms with van der Waals surface area (Å²) in [6.45, 7) is 6.66. The molecule has 0 saturated carbocycles. The highest BCUT2D eigenvalue weighted by atomic mass is 16.5. The van der Waals surface area contributed by atoms with E-state index in [0.29, 0.717) is 30.7 Å². The van der Waals surface area contributed by atoms with Crippen molar-refractivity contribution in [2.75, 3.05) is 11.9 Å². The molecule has 1 heterocycles. The van der Waals surface area contributed by atoms with Crippen molar-refractivity contribution in [3.05, 3.63) is 42.2 Å². The van der Waals surface area contributed by atoms with Gasteiger partial charge in [-0.05, 0) is 51.1 Å². The molecule has 6 heteroatoms. The van der Waals surface area contributed by atoms with Gasteiger partial charge in [0.2, 0.25) is 0 Å². The molecule has 2 aromatic rings. The minimum Gasteiger partial charge on any atom is -0.487 e. The standard InChI is InChI=1S/C16H21N3O3/c1-4-21-16(20)17-13-5-7-15(8-6-13)22-11-14-9-10-19(18-14)12(2)3/h5-10,12H,4,11H2,1-3H3,(H,17,20). The largest absolute Gasteiger partial charge is 0.487 e. The maximum atomic E-state index is 11.3. The highest BCUT2D eigenvalue weighted by molar-refractivity contribution is 5.84. The molecule has 1 aromatic carbocycles. The molecule has 0 aliphatic carbocycles. The molecule has 1 aromatic heterocycles. The van der Waals surface area contributed by atoms with Gasteiger partial charge >= 0.3 is 6.09 Å². The van der Waals surface area contributed by atoms with Crippen molar-refractivity contribution in [1.82, 2.24) is 9.78 Å². The number of carbonyl (C=O) groups excluding carboxylic acids is 1. The van der Waals surface area contributed by atoms with E-state index in [9.17, 15) is 4.79 Å². The second-order valence-electron chi connectivity index (χ2n) is 5.04. The maximum Gasteiger partial charge on any atom is 0.411 e. The molecule has 0 aliphatic heterocycles. The number of nitrogens with one attached hydrogen (secondary N) is 1. The molecule has 0 saturated heterocycles. The van der Waals surface area contributed by atoms with Crippen LogP contribution < -0.4 is 10.1 Å². The Morgan fingerprint density at radius 3 is 2.59 bits per heavy atom. The van der Waals surface area contributed by atoms with Crippen molar-refractivity contribution in [3.8, 4) is 5.75 Å². The van der Waals surface area contributed by atoms with Gasteiger partial charge in [0, 0.05) is 17.9 Å². The predicted octanol–water partition coefficient (Wildman–Crippen LogP) is 3.61. The minimum atomic E-state index is -0.463. The van der Waals surface area contributed by atoms with E-state index in [1.165, 1.54) is 0 Å². The first kappa shape index (κ1) is 15.9. The van der Waals surface area contributed by atoms with Crippen molar-refractivity contribution < 1.29 is 14.3 Å². The van der Waals surface area contributed by atoms with Crippen molar-refractivity contribution in [1.29, 1.82) is 0 Å². The van der Waals surface area contributed by atoms with Crippen LogP contribution in [0.25, 0.3) is 0 Å². The van der Waals surface area contributed by atoms with Gasteiger partial charge in [-0.1, -0.05) is 0 Å². The number of amides is 1. The lowest BCUT2D eigenvalue weighted by atomic mass is 10.3. The number of aromatic nitrogens is 2. The van der Waals surface area contributed by atoms with Crippen LogP contribution in [0.2, 0.25) is 0 Å². The zero-order valence-electron chi connectivity index (χ0n) is 13.1. The Labute approximate surface area is 130 Å². The average Bonchev–Trinajstić information content (AvgIpc) is 2.96. The summed E-state index contributed by atoms with van der Waals surface area (Å²) >= 11 is 0. The van der Waals surface area contributed by atoms with E-state index in [1.54, 1.807) is 31.2 Å². The maximum absolute atomic E-state index is 11.3. The quantitative estimate of drug-likeness (QED) is 0.885. The van der Waals surface area contributed by atoms with E-state index in [0.717, 1.165) is 5.69 Å². The van der Waals surface area contributed by atoms with Gasteiger partial charge in [-0.3, -0.25) is 10.00 Å². The molecular formula is C16H21N3O3. The summed E-state index contributed by atoms with van der Waals surface area (Å²) in [5.41, 5.74) is 1.54. The number of ether oxygens (including phenoxy) is 2. The fraction of sp³-hybridized carbons (Fsp3) is 0.375. The molecule has 0 radical (unpaired) electrons. The zero-order valence-corrected chi connectivity index (χ0v) is 13.1. The first-order chi connectivity index (χ1) is 10.6. The van der Waals surface area contributed by atoms with Gasteiger partial charge in [0.05, 0.1) is 12.3 Å². The Balaban J connectivity index is 1.86. The second-order valence-corrected chi connectivity index (χ2v) is 5.04. The Morgan fingerprint density at radius 2 is 2.00 bits per heavy atom. The van der Waals surface area contributed by atoms with Crippen LogP contribution in [0, 0.1) is 0 Å². The zero-order chi connectivity index (χ0) is 15.9. The van der Waals surface area contributed by atoms with E-state index < -0.39 is 6.09 Å². The van der Waals surface area contributed by atoms with Crippen LogP contribution in [-0.2, 0) is 11.3 Å². The van der Waals surface area contributed by atoms with E-state index in [4.69, 9.17) is 9.47 Å². The first-order valence-electron chi connectivity index (χ1n) is 7.29. The third-order valence-corrected chi connectivity index (χ3v) is 2.96. The summed E-state index contributed by atoms with van der Waals surface area (Å²) < 4.78 is 12.4. The van der Waals surface area contributed by atoms with Crippen molar-refractivity contribution in [3.63, 3.8) is 0 Å². The molecule has 6 nitrogen and oxygen atoms in total. The molecule has 0 atom stereocenters. The molecule has 1 amide bonds. The third-order valence-electron chi connectivity index (χ3n) is 2.96. The summed E-state index contributed by atoms with van der Waals surface area (Å²) in [4.78, 5) is 11.3. The lowest BCUT2D eigenvalue weighted by molar-refractivity contribution is 0.168. The Kier molecular flexibility index (Phi) is 5.41. The van der Waals surface area contributed by atoms with Crippen LogP contribution in [0.4, 0.5) is 10.5 Å². The van der Waals surface area contributed by atoms with E-state index in [-0.39, 0.29) is 0 Å². The molecule has 0 spiro atoms. The molecule has 1 N–H and O–H groups in total. The predicted molar refractivity (Wildman–Crippen MR) is 84.0 cm³/mol.